The van der Waals surface area contributed by atoms with Crippen LogP contribution in [-0.4, -0.2) is 30.9 Å². The molecule has 6 heteroatoms. The zero-order chi connectivity index (χ0) is 11.6. The number of hydrogen-bond acceptors (Lipinski definition) is 4. The lowest BCUT2D eigenvalue weighted by molar-refractivity contribution is 0.561. The molecule has 0 bridgehead atoms. The van der Waals surface area contributed by atoms with Crippen molar-refractivity contribution >= 4 is 31.6 Å². The number of aromatic nitrogens is 1. The van der Waals surface area contributed by atoms with Gasteiger partial charge in [-0.2, -0.15) is 0 Å². The Balaban J connectivity index is 2.08. The summed E-state index contributed by atoms with van der Waals surface area (Å²) in [6.45, 7) is 0. The van der Waals surface area contributed by atoms with Crippen molar-refractivity contribution in [3.05, 3.63) is 22.8 Å². The third-order valence-electron chi connectivity index (χ3n) is 2.56. The topological polar surface area (TPSA) is 59.1 Å². The number of sulfone groups is 1. The summed E-state index contributed by atoms with van der Waals surface area (Å²) in [6.07, 6.45) is 3.29. The lowest BCUT2D eigenvalue weighted by Crippen LogP contribution is -2.35. The van der Waals surface area contributed by atoms with Gasteiger partial charge in [0, 0.05) is 12.2 Å². The highest BCUT2D eigenvalue weighted by Crippen LogP contribution is 2.22. The molecule has 0 aliphatic carbocycles. The van der Waals surface area contributed by atoms with Crippen LogP contribution in [0.15, 0.2) is 22.8 Å². The number of pyridine rings is 1. The van der Waals surface area contributed by atoms with Crippen LogP contribution in [-0.2, 0) is 9.84 Å². The number of anilines is 1. The minimum Gasteiger partial charge on any atom is -0.365 e. The van der Waals surface area contributed by atoms with Gasteiger partial charge in [0.1, 0.15) is 5.82 Å². The molecule has 1 aliphatic rings. The summed E-state index contributed by atoms with van der Waals surface area (Å²) in [4.78, 5) is 4.17. The maximum Gasteiger partial charge on any atom is 0.152 e. The monoisotopic (exact) mass is 304 g/mol. The van der Waals surface area contributed by atoms with Gasteiger partial charge in [0.05, 0.1) is 16.0 Å². The van der Waals surface area contributed by atoms with E-state index in [1.54, 1.807) is 6.20 Å². The standard InChI is InChI=1S/C10H13BrN2O2S/c11-9-4-1-5-12-10(9)13-8-3-2-6-16(14,15)7-8/h1,4-5,8H,2-3,6-7H2,(H,12,13). The molecule has 1 aromatic heterocycles. The smallest absolute Gasteiger partial charge is 0.152 e. The van der Waals surface area contributed by atoms with Crippen LogP contribution in [0.1, 0.15) is 12.8 Å². The highest BCUT2D eigenvalue weighted by atomic mass is 79.9. The van der Waals surface area contributed by atoms with Gasteiger partial charge in [0.25, 0.3) is 0 Å². The lowest BCUT2D eigenvalue weighted by Gasteiger charge is -2.23. The predicted octanol–water partition coefficient (Wildman–Crippen LogP) is 1.83. The van der Waals surface area contributed by atoms with Crippen LogP contribution in [0.25, 0.3) is 0 Å². The molecule has 1 fully saturated rings. The van der Waals surface area contributed by atoms with Crippen molar-refractivity contribution in [2.75, 3.05) is 16.8 Å². The summed E-state index contributed by atoms with van der Waals surface area (Å²) in [6, 6.07) is 3.68. The zero-order valence-corrected chi connectivity index (χ0v) is 11.1. The van der Waals surface area contributed by atoms with E-state index in [9.17, 15) is 8.42 Å². The van der Waals surface area contributed by atoms with Crippen molar-refractivity contribution < 1.29 is 8.42 Å². The molecule has 0 saturated carbocycles. The first-order chi connectivity index (χ1) is 7.57. The molecule has 4 nitrogen and oxygen atoms in total. The average Bonchev–Trinajstić information content (AvgIpc) is 2.20. The number of nitrogens with zero attached hydrogens (tertiary/aromatic N) is 1. The lowest BCUT2D eigenvalue weighted by atomic mass is 10.2. The van der Waals surface area contributed by atoms with Crippen LogP contribution in [0.3, 0.4) is 0 Å². The van der Waals surface area contributed by atoms with E-state index in [2.05, 4.69) is 26.2 Å². The summed E-state index contributed by atoms with van der Waals surface area (Å²) in [7, 11) is -2.87. The van der Waals surface area contributed by atoms with Crippen LogP contribution < -0.4 is 5.32 Å². The van der Waals surface area contributed by atoms with Crippen molar-refractivity contribution in [2.24, 2.45) is 0 Å². The van der Waals surface area contributed by atoms with Crippen LogP contribution >= 0.6 is 15.9 Å². The highest BCUT2D eigenvalue weighted by Gasteiger charge is 2.25. The van der Waals surface area contributed by atoms with E-state index in [0.717, 1.165) is 17.3 Å². The Bertz CT molecular complexity index is 475. The van der Waals surface area contributed by atoms with Gasteiger partial charge >= 0.3 is 0 Å². The molecule has 1 unspecified atom stereocenters. The Kier molecular flexibility index (Phi) is 3.49. The van der Waals surface area contributed by atoms with E-state index in [-0.39, 0.29) is 11.8 Å². The molecule has 1 saturated heterocycles. The van der Waals surface area contributed by atoms with E-state index in [1.165, 1.54) is 0 Å². The zero-order valence-electron chi connectivity index (χ0n) is 8.69. The highest BCUT2D eigenvalue weighted by molar-refractivity contribution is 9.10. The Labute approximate surface area is 104 Å². The second kappa shape index (κ2) is 4.71. The summed E-state index contributed by atoms with van der Waals surface area (Å²) in [5, 5.41) is 3.17. The van der Waals surface area contributed by atoms with Crippen LogP contribution in [0.5, 0.6) is 0 Å². The maximum absolute atomic E-state index is 11.5. The van der Waals surface area contributed by atoms with Crippen molar-refractivity contribution in [2.45, 2.75) is 18.9 Å². The van der Waals surface area contributed by atoms with Crippen molar-refractivity contribution in [1.82, 2.24) is 4.98 Å². The number of rotatable bonds is 2. The van der Waals surface area contributed by atoms with Gasteiger partial charge in [-0.1, -0.05) is 0 Å². The second-order valence-corrected chi connectivity index (χ2v) is 7.01. The molecule has 88 valence electrons. The predicted molar refractivity (Wildman–Crippen MR) is 67.2 cm³/mol. The van der Waals surface area contributed by atoms with Crippen LogP contribution in [0, 0.1) is 0 Å². The van der Waals surface area contributed by atoms with E-state index in [0.29, 0.717) is 11.6 Å². The fourth-order valence-corrected chi connectivity index (χ4v) is 3.83. The first kappa shape index (κ1) is 11.9. The van der Waals surface area contributed by atoms with Crippen LogP contribution in [0.4, 0.5) is 5.82 Å². The van der Waals surface area contributed by atoms with Gasteiger partial charge in [0.2, 0.25) is 0 Å². The SMILES string of the molecule is O=S1(=O)CCCC(Nc2ncccc2Br)C1. The van der Waals surface area contributed by atoms with E-state index < -0.39 is 9.84 Å². The quantitative estimate of drug-likeness (QED) is 0.905. The van der Waals surface area contributed by atoms with Gasteiger partial charge in [-0.15, -0.1) is 0 Å². The molecule has 1 N–H and O–H groups in total. The van der Waals surface area contributed by atoms with Crippen molar-refractivity contribution in [1.29, 1.82) is 0 Å². The van der Waals surface area contributed by atoms with Gasteiger partial charge < -0.3 is 5.32 Å². The number of halogens is 1. The second-order valence-electron chi connectivity index (χ2n) is 3.93. The van der Waals surface area contributed by atoms with E-state index >= 15 is 0 Å². The van der Waals surface area contributed by atoms with Gasteiger partial charge in [-0.3, -0.25) is 0 Å². The van der Waals surface area contributed by atoms with Crippen LogP contribution in [0.2, 0.25) is 0 Å². The average molecular weight is 305 g/mol. The summed E-state index contributed by atoms with van der Waals surface area (Å²) >= 11 is 3.38. The molecular formula is C10H13BrN2O2S. The molecule has 0 spiro atoms. The third kappa shape index (κ3) is 2.95. The molecule has 1 aliphatic heterocycles. The molecule has 1 atom stereocenters. The van der Waals surface area contributed by atoms with Gasteiger partial charge in [0.15, 0.2) is 9.84 Å². The molecule has 2 heterocycles. The van der Waals surface area contributed by atoms with E-state index in [4.69, 9.17) is 0 Å². The van der Waals surface area contributed by atoms with Crippen molar-refractivity contribution in [3.63, 3.8) is 0 Å². The largest absolute Gasteiger partial charge is 0.365 e. The summed E-state index contributed by atoms with van der Waals surface area (Å²) < 4.78 is 23.8. The fraction of sp³-hybridized carbons (Fsp3) is 0.500. The maximum atomic E-state index is 11.5. The molecule has 0 aromatic carbocycles. The van der Waals surface area contributed by atoms with Gasteiger partial charge in [-0.05, 0) is 40.9 Å². The molecule has 0 radical (unpaired) electrons. The Morgan fingerprint density at radius 3 is 3.00 bits per heavy atom. The first-order valence-corrected chi connectivity index (χ1v) is 7.76. The molecule has 1 aromatic rings. The number of hydrogen-bond donors (Lipinski definition) is 1. The van der Waals surface area contributed by atoms with Gasteiger partial charge in [-0.25, -0.2) is 13.4 Å². The normalized spacial score (nSPS) is 23.9. The Morgan fingerprint density at radius 2 is 2.31 bits per heavy atom. The van der Waals surface area contributed by atoms with Crippen molar-refractivity contribution in [3.8, 4) is 0 Å². The number of nitrogens with one attached hydrogen (secondary N) is 1. The summed E-state index contributed by atoms with van der Waals surface area (Å²) in [5.74, 6) is 1.23. The first-order valence-electron chi connectivity index (χ1n) is 5.14. The van der Waals surface area contributed by atoms with E-state index in [1.807, 2.05) is 12.1 Å². The third-order valence-corrected chi connectivity index (χ3v) is 5.02. The Hall–Kier alpha value is -0.620. The Morgan fingerprint density at radius 1 is 1.50 bits per heavy atom. The summed E-state index contributed by atoms with van der Waals surface area (Å²) in [5.41, 5.74) is 0. The molecule has 16 heavy (non-hydrogen) atoms. The minimum atomic E-state index is -2.87. The molecule has 2 rings (SSSR count). The fourth-order valence-electron chi connectivity index (χ4n) is 1.82. The molecule has 0 amide bonds. The minimum absolute atomic E-state index is 0.0232. The molecular weight excluding hydrogens is 292 g/mol.